The second kappa shape index (κ2) is 21.4. The number of nitriles is 2. The van der Waals surface area contributed by atoms with Crippen molar-refractivity contribution in [3.05, 3.63) is 58.7 Å². The monoisotopic (exact) mass is 722 g/mol. The molecule has 0 bridgehead atoms. The summed E-state index contributed by atoms with van der Waals surface area (Å²) in [5, 5.41) is 19.1. The molecular weight excluding hydrogens is 667 g/mol. The molecule has 8 nitrogen and oxygen atoms in total. The number of hydrogen-bond acceptors (Lipinski definition) is 8. The van der Waals surface area contributed by atoms with Crippen LogP contribution in [0.3, 0.4) is 0 Å². The predicted molar refractivity (Wildman–Crippen MR) is 193 cm³/mol. The highest BCUT2D eigenvalue weighted by Crippen LogP contribution is 2.41. The average molecular weight is 723 g/mol. The van der Waals surface area contributed by atoms with E-state index in [1.807, 2.05) is 30.9 Å². The largest absolute Gasteiger partial charge is 0.489 e. The summed E-state index contributed by atoms with van der Waals surface area (Å²) in [7, 11) is 4.38. The van der Waals surface area contributed by atoms with Gasteiger partial charge in [0.1, 0.15) is 58.4 Å². The lowest BCUT2D eigenvalue weighted by Gasteiger charge is -2.48. The van der Waals surface area contributed by atoms with E-state index in [-0.39, 0.29) is 17.3 Å². The van der Waals surface area contributed by atoms with Crippen LogP contribution in [0.4, 0.5) is 23.2 Å². The molecule has 3 aliphatic rings. The molecule has 50 heavy (non-hydrogen) atoms. The zero-order chi connectivity index (χ0) is 37.4. The number of ether oxygens (including phenoxy) is 1. The lowest BCUT2D eigenvalue weighted by Crippen LogP contribution is -2.57. The smallest absolute Gasteiger partial charge is 0.147 e. The van der Waals surface area contributed by atoms with E-state index in [1.165, 1.54) is 18.2 Å². The van der Waals surface area contributed by atoms with Crippen LogP contribution in [0.15, 0.2) is 24.3 Å². The standard InChI is InChI=1S/C16H19F2N3.C13H15F2N2OP.C6H15NO.C2H6/c1-2-4-20-9-16(10-20)3-5-21(11-16)12-6-14(17)13(8-19)15(18)7-12;1-2-19-17-4-3-9(8-17)18-10-5-12(14)11(7-16)13(15)6-10;1-6(2)5-7(3)8-4;1-2/h6-7H,2-5,9-11H2,1H3;5-6,9,19H,2-4,8H2,1H3;6H,5H2,1-4H3;1-2H3. The number of hydroxylamine groups is 2. The number of anilines is 1. The van der Waals surface area contributed by atoms with Crippen molar-refractivity contribution in [3.8, 4) is 17.9 Å². The van der Waals surface area contributed by atoms with E-state index in [9.17, 15) is 17.6 Å². The summed E-state index contributed by atoms with van der Waals surface area (Å²) in [4.78, 5) is 9.37. The summed E-state index contributed by atoms with van der Waals surface area (Å²) in [6.07, 6.45) is 4.15. The third kappa shape index (κ3) is 12.7. The molecule has 0 amide bonds. The van der Waals surface area contributed by atoms with E-state index in [2.05, 4.69) is 37.3 Å². The van der Waals surface area contributed by atoms with Gasteiger partial charge in [-0.15, -0.1) is 0 Å². The van der Waals surface area contributed by atoms with Crippen molar-refractivity contribution in [3.63, 3.8) is 0 Å². The normalized spacial score (nSPS) is 18.2. The molecule has 2 aromatic rings. The molecule has 0 radical (unpaired) electrons. The van der Waals surface area contributed by atoms with Gasteiger partial charge in [0.15, 0.2) is 0 Å². The van der Waals surface area contributed by atoms with Crippen molar-refractivity contribution >= 4 is 14.4 Å². The molecule has 2 atom stereocenters. The number of hydrogen-bond donors (Lipinski definition) is 0. The van der Waals surface area contributed by atoms with Gasteiger partial charge in [0.2, 0.25) is 0 Å². The topological polar surface area (TPSA) is 79.0 Å². The van der Waals surface area contributed by atoms with E-state index in [0.717, 1.165) is 98.6 Å². The summed E-state index contributed by atoms with van der Waals surface area (Å²) >= 11 is 0. The van der Waals surface area contributed by atoms with Crippen LogP contribution in [0.5, 0.6) is 5.75 Å². The van der Waals surface area contributed by atoms with E-state index in [4.69, 9.17) is 20.1 Å². The quantitative estimate of drug-likeness (QED) is 0.140. The van der Waals surface area contributed by atoms with Crippen LogP contribution in [-0.2, 0) is 4.84 Å². The van der Waals surface area contributed by atoms with Crippen molar-refractivity contribution in [2.75, 3.05) is 77.6 Å². The summed E-state index contributed by atoms with van der Waals surface area (Å²) in [6, 6.07) is 7.77. The van der Waals surface area contributed by atoms with Gasteiger partial charge in [0, 0.05) is 76.1 Å². The van der Waals surface area contributed by atoms with Gasteiger partial charge in [-0.2, -0.15) is 15.6 Å². The maximum Gasteiger partial charge on any atom is 0.147 e. The second-order valence-electron chi connectivity index (χ2n) is 13.0. The molecule has 278 valence electrons. The van der Waals surface area contributed by atoms with Crippen LogP contribution in [0, 0.1) is 57.3 Å². The lowest BCUT2D eigenvalue weighted by atomic mass is 9.79. The first kappa shape index (κ1) is 43.2. The first-order chi connectivity index (χ1) is 23.9. The van der Waals surface area contributed by atoms with Crippen molar-refractivity contribution in [1.82, 2.24) is 14.6 Å². The number of halogens is 4. The third-order valence-electron chi connectivity index (χ3n) is 8.49. The fourth-order valence-electron chi connectivity index (χ4n) is 6.34. The van der Waals surface area contributed by atoms with Gasteiger partial charge < -0.3 is 19.4 Å². The van der Waals surface area contributed by atoms with Crippen LogP contribution in [0.1, 0.15) is 71.9 Å². The minimum Gasteiger partial charge on any atom is -0.489 e. The van der Waals surface area contributed by atoms with E-state index < -0.39 is 34.4 Å². The Kier molecular flexibility index (Phi) is 18.5. The van der Waals surface area contributed by atoms with Crippen LogP contribution in [0.2, 0.25) is 0 Å². The Labute approximate surface area is 298 Å². The molecule has 0 aliphatic carbocycles. The molecule has 0 aromatic heterocycles. The molecule has 1 spiro atoms. The third-order valence-corrected chi connectivity index (χ3v) is 9.66. The van der Waals surface area contributed by atoms with Crippen molar-refractivity contribution in [2.24, 2.45) is 11.3 Å². The van der Waals surface area contributed by atoms with Gasteiger partial charge in [0.25, 0.3) is 0 Å². The SMILES string of the molecule is CC.CCCN1CC2(CCN(c3cc(F)c(C#N)c(F)c3)C2)C1.CCPN1CCC(Oc2cc(F)c(C#N)c(F)c2)C1.CON(C)CC(C)C. The van der Waals surface area contributed by atoms with Crippen LogP contribution in [0.25, 0.3) is 0 Å². The predicted octanol–water partition coefficient (Wildman–Crippen LogP) is 7.82. The molecule has 0 N–H and O–H groups in total. The van der Waals surface area contributed by atoms with Crippen LogP contribution >= 0.6 is 8.73 Å². The van der Waals surface area contributed by atoms with Crippen LogP contribution < -0.4 is 9.64 Å². The van der Waals surface area contributed by atoms with Gasteiger partial charge in [-0.3, -0.25) is 4.67 Å². The highest BCUT2D eigenvalue weighted by Gasteiger charge is 2.47. The zero-order valence-electron chi connectivity index (χ0n) is 31.0. The van der Waals surface area contributed by atoms with E-state index in [0.29, 0.717) is 11.6 Å². The number of likely N-dealkylation sites (tertiary alicyclic amines) is 1. The Morgan fingerprint density at radius 2 is 1.50 bits per heavy atom. The zero-order valence-corrected chi connectivity index (χ0v) is 32.0. The lowest BCUT2D eigenvalue weighted by molar-refractivity contribution is -0.115. The highest BCUT2D eigenvalue weighted by molar-refractivity contribution is 7.35. The van der Waals surface area contributed by atoms with Gasteiger partial charge in [0.05, 0.1) is 7.11 Å². The Morgan fingerprint density at radius 3 is 1.96 bits per heavy atom. The second-order valence-corrected chi connectivity index (χ2v) is 14.7. The average Bonchev–Trinajstić information content (AvgIpc) is 3.70. The van der Waals surface area contributed by atoms with Gasteiger partial charge in [-0.05, 0) is 50.0 Å². The van der Waals surface area contributed by atoms with Gasteiger partial charge >= 0.3 is 0 Å². The van der Waals surface area contributed by atoms with Crippen molar-refractivity contribution < 1.29 is 27.1 Å². The molecule has 13 heteroatoms. The van der Waals surface area contributed by atoms with E-state index in [1.54, 1.807) is 13.2 Å². The Morgan fingerprint density at radius 1 is 0.940 bits per heavy atom. The Hall–Kier alpha value is -2.99. The molecule has 0 saturated carbocycles. The van der Waals surface area contributed by atoms with Crippen molar-refractivity contribution in [1.29, 1.82) is 10.5 Å². The summed E-state index contributed by atoms with van der Waals surface area (Å²) in [6.45, 7) is 20.3. The molecule has 5 rings (SSSR count). The highest BCUT2D eigenvalue weighted by atomic mass is 31.1. The fraction of sp³-hybridized carbons (Fsp3) is 0.622. The maximum atomic E-state index is 13.7. The number of nitrogens with zero attached hydrogens (tertiary/aromatic N) is 6. The first-order valence-electron chi connectivity index (χ1n) is 17.5. The Bertz CT molecular complexity index is 1380. The fourth-order valence-corrected chi connectivity index (χ4v) is 7.40. The summed E-state index contributed by atoms with van der Waals surface area (Å²) in [5.41, 5.74) is -0.219. The number of rotatable bonds is 10. The molecular formula is C37H55F4N6O2P. The molecule has 3 saturated heterocycles. The minimum atomic E-state index is -0.872. The molecule has 3 aliphatic heterocycles. The number of benzene rings is 2. The summed E-state index contributed by atoms with van der Waals surface area (Å²) < 4.78 is 62.2. The molecule has 3 heterocycles. The van der Waals surface area contributed by atoms with E-state index >= 15 is 0 Å². The summed E-state index contributed by atoms with van der Waals surface area (Å²) in [5.74, 6) is -2.45. The molecule has 2 aromatic carbocycles. The first-order valence-corrected chi connectivity index (χ1v) is 18.7. The Balaban J connectivity index is 0.000000276. The molecule has 3 fully saturated rings. The molecule has 2 unspecified atom stereocenters. The van der Waals surface area contributed by atoms with Gasteiger partial charge in [-0.25, -0.2) is 17.6 Å². The van der Waals surface area contributed by atoms with Crippen molar-refractivity contribution in [2.45, 2.75) is 66.9 Å². The maximum absolute atomic E-state index is 13.7. The van der Waals surface area contributed by atoms with Crippen LogP contribution in [-0.4, -0.2) is 93.4 Å². The van der Waals surface area contributed by atoms with Gasteiger partial charge in [-0.1, -0.05) is 50.3 Å². The minimum absolute atomic E-state index is 0.0363.